The monoisotopic (exact) mass is 278 g/mol. The third-order valence-corrected chi connectivity index (χ3v) is 4.59. The maximum atomic E-state index is 11.4. The molecular weight excluding hydrogens is 256 g/mol. The lowest BCUT2D eigenvalue weighted by atomic mass is 9.91. The Kier molecular flexibility index (Phi) is 3.52. The zero-order valence-corrected chi connectivity index (χ0v) is 11.9. The zero-order chi connectivity index (χ0) is 14.3. The van der Waals surface area contributed by atoms with Crippen molar-refractivity contribution in [1.82, 2.24) is 14.7 Å². The van der Waals surface area contributed by atoms with Crippen molar-refractivity contribution < 1.29 is 9.90 Å². The molecule has 1 unspecified atom stereocenters. The number of carbonyl (C=O) groups is 1. The van der Waals surface area contributed by atoms with Crippen molar-refractivity contribution >= 4 is 5.97 Å². The van der Waals surface area contributed by atoms with E-state index in [0.29, 0.717) is 6.04 Å². The van der Waals surface area contributed by atoms with Gasteiger partial charge in [0.15, 0.2) is 5.69 Å². The van der Waals surface area contributed by atoms with Gasteiger partial charge in [0.25, 0.3) is 0 Å². The van der Waals surface area contributed by atoms with Crippen molar-refractivity contribution in [3.63, 3.8) is 0 Å². The number of aromatic nitrogens is 2. The Hall–Kier alpha value is -1.40. The van der Waals surface area contributed by atoms with Crippen molar-refractivity contribution in [3.05, 3.63) is 17.0 Å². The van der Waals surface area contributed by atoms with Gasteiger partial charge in [-0.05, 0) is 52.2 Å². The summed E-state index contributed by atoms with van der Waals surface area (Å²) in [7, 11) is 2.12. The van der Waals surface area contributed by atoms with Crippen LogP contribution in [0.15, 0.2) is 0 Å². The molecule has 1 atom stereocenters. The number of carboxylic acid groups (broad SMARTS) is 1. The lowest BCUT2D eigenvalue weighted by Gasteiger charge is -2.31. The molecule has 3 N–H and O–H groups in total. The van der Waals surface area contributed by atoms with E-state index in [1.807, 2.05) is 4.68 Å². The van der Waals surface area contributed by atoms with Gasteiger partial charge in [0.1, 0.15) is 0 Å². The highest BCUT2D eigenvalue weighted by Gasteiger charge is 2.32. The minimum Gasteiger partial charge on any atom is -0.476 e. The average molecular weight is 278 g/mol. The van der Waals surface area contributed by atoms with Crippen LogP contribution in [-0.4, -0.2) is 45.9 Å². The molecule has 0 amide bonds. The Labute approximate surface area is 118 Å². The molecule has 110 valence electrons. The van der Waals surface area contributed by atoms with Crippen LogP contribution in [0.2, 0.25) is 0 Å². The van der Waals surface area contributed by atoms with Gasteiger partial charge in [-0.25, -0.2) is 4.79 Å². The normalized spacial score (nSPS) is 24.6. The van der Waals surface area contributed by atoms with Crippen LogP contribution in [0.1, 0.15) is 59.5 Å². The number of likely N-dealkylation sites (tertiary alicyclic amines) is 1. The van der Waals surface area contributed by atoms with Crippen molar-refractivity contribution in [1.29, 1.82) is 0 Å². The summed E-state index contributed by atoms with van der Waals surface area (Å²) >= 11 is 0. The largest absolute Gasteiger partial charge is 0.476 e. The molecule has 0 aromatic carbocycles. The Morgan fingerprint density at radius 2 is 2.05 bits per heavy atom. The predicted octanol–water partition coefficient (Wildman–Crippen LogP) is 1.18. The number of hydrogen-bond donors (Lipinski definition) is 2. The zero-order valence-electron chi connectivity index (χ0n) is 11.9. The van der Waals surface area contributed by atoms with Crippen LogP contribution in [0, 0.1) is 0 Å². The van der Waals surface area contributed by atoms with Gasteiger partial charge in [0.05, 0.1) is 6.04 Å². The summed E-state index contributed by atoms with van der Waals surface area (Å²) in [6.07, 6.45) is 4.82. The van der Waals surface area contributed by atoms with E-state index < -0.39 is 5.97 Å². The van der Waals surface area contributed by atoms with E-state index in [2.05, 4.69) is 17.0 Å². The van der Waals surface area contributed by atoms with E-state index in [9.17, 15) is 9.90 Å². The fourth-order valence-corrected chi connectivity index (χ4v) is 3.45. The van der Waals surface area contributed by atoms with E-state index in [4.69, 9.17) is 5.73 Å². The number of carboxylic acids is 1. The van der Waals surface area contributed by atoms with E-state index in [-0.39, 0.29) is 11.7 Å². The molecule has 6 nitrogen and oxygen atoms in total. The van der Waals surface area contributed by atoms with Crippen LogP contribution in [0.3, 0.4) is 0 Å². The molecule has 0 spiro atoms. The summed E-state index contributed by atoms with van der Waals surface area (Å²) < 4.78 is 1.98. The number of nitrogens with zero attached hydrogens (tertiary/aromatic N) is 3. The highest BCUT2D eigenvalue weighted by Crippen LogP contribution is 2.34. The van der Waals surface area contributed by atoms with Gasteiger partial charge in [0.2, 0.25) is 0 Å². The first kappa shape index (κ1) is 13.6. The molecule has 1 saturated heterocycles. The second-order valence-electron chi connectivity index (χ2n) is 5.99. The second kappa shape index (κ2) is 5.18. The SMILES string of the molecule is CN1CCC(n2nc(C(=O)O)c3c2CCCC3N)CC1. The van der Waals surface area contributed by atoms with E-state index in [0.717, 1.165) is 56.5 Å². The fourth-order valence-electron chi connectivity index (χ4n) is 3.45. The molecule has 0 saturated carbocycles. The lowest BCUT2D eigenvalue weighted by Crippen LogP contribution is -2.32. The van der Waals surface area contributed by atoms with Crippen LogP contribution in [-0.2, 0) is 6.42 Å². The van der Waals surface area contributed by atoms with Gasteiger partial charge in [-0.15, -0.1) is 0 Å². The summed E-state index contributed by atoms with van der Waals surface area (Å²) in [5.41, 5.74) is 8.14. The van der Waals surface area contributed by atoms with Crippen LogP contribution in [0.4, 0.5) is 0 Å². The molecule has 1 aromatic rings. The maximum absolute atomic E-state index is 11.4. The minimum absolute atomic E-state index is 0.172. The minimum atomic E-state index is -0.953. The van der Waals surface area contributed by atoms with Crippen molar-refractivity contribution in [2.75, 3.05) is 20.1 Å². The maximum Gasteiger partial charge on any atom is 0.356 e. The Morgan fingerprint density at radius 3 is 2.70 bits per heavy atom. The van der Waals surface area contributed by atoms with Crippen molar-refractivity contribution in [2.24, 2.45) is 5.73 Å². The lowest BCUT2D eigenvalue weighted by molar-refractivity contribution is 0.0686. The summed E-state index contributed by atoms with van der Waals surface area (Å²) in [5.74, 6) is -0.953. The molecule has 1 aromatic heterocycles. The van der Waals surface area contributed by atoms with E-state index >= 15 is 0 Å². The van der Waals surface area contributed by atoms with Gasteiger partial charge in [-0.3, -0.25) is 4.68 Å². The molecule has 3 rings (SSSR count). The molecule has 0 radical (unpaired) electrons. The molecule has 1 fully saturated rings. The summed E-state index contributed by atoms with van der Waals surface area (Å²) in [5, 5.41) is 13.8. The van der Waals surface area contributed by atoms with Crippen LogP contribution >= 0.6 is 0 Å². The van der Waals surface area contributed by atoms with Crippen LogP contribution in [0.25, 0.3) is 0 Å². The number of fused-ring (bicyclic) bond motifs is 1. The first-order valence-electron chi connectivity index (χ1n) is 7.36. The number of nitrogens with two attached hydrogens (primary N) is 1. The number of hydrogen-bond acceptors (Lipinski definition) is 4. The average Bonchev–Trinajstić information content (AvgIpc) is 2.81. The summed E-state index contributed by atoms with van der Waals surface area (Å²) in [4.78, 5) is 13.7. The molecule has 1 aliphatic carbocycles. The van der Waals surface area contributed by atoms with Crippen molar-refractivity contribution in [2.45, 2.75) is 44.2 Å². The third kappa shape index (κ3) is 2.23. The molecular formula is C14H22N4O2. The molecule has 20 heavy (non-hydrogen) atoms. The Bertz CT molecular complexity index is 517. The highest BCUT2D eigenvalue weighted by atomic mass is 16.4. The molecule has 0 bridgehead atoms. The molecule has 2 aliphatic rings. The quantitative estimate of drug-likeness (QED) is 0.848. The topological polar surface area (TPSA) is 84.4 Å². The number of rotatable bonds is 2. The second-order valence-corrected chi connectivity index (χ2v) is 5.99. The molecule has 2 heterocycles. The first-order valence-corrected chi connectivity index (χ1v) is 7.36. The third-order valence-electron chi connectivity index (χ3n) is 4.59. The van der Waals surface area contributed by atoms with Gasteiger partial charge in [-0.2, -0.15) is 5.10 Å². The van der Waals surface area contributed by atoms with Gasteiger partial charge in [0, 0.05) is 17.3 Å². The van der Waals surface area contributed by atoms with Gasteiger partial charge >= 0.3 is 5.97 Å². The Balaban J connectivity index is 1.99. The smallest absolute Gasteiger partial charge is 0.356 e. The predicted molar refractivity (Wildman–Crippen MR) is 74.8 cm³/mol. The highest BCUT2D eigenvalue weighted by molar-refractivity contribution is 5.87. The molecule has 1 aliphatic heterocycles. The Morgan fingerprint density at radius 1 is 1.35 bits per heavy atom. The number of piperidine rings is 1. The standard InChI is InChI=1S/C14H22N4O2/c1-17-7-5-9(6-8-17)18-11-4-2-3-10(15)12(11)13(16-18)14(19)20/h9-10H,2-8,15H2,1H3,(H,19,20). The van der Waals surface area contributed by atoms with Crippen LogP contribution < -0.4 is 5.73 Å². The molecule has 6 heteroatoms. The fraction of sp³-hybridized carbons (Fsp3) is 0.714. The van der Waals surface area contributed by atoms with Crippen molar-refractivity contribution in [3.8, 4) is 0 Å². The summed E-state index contributed by atoms with van der Waals surface area (Å²) in [6, 6.07) is 0.142. The van der Waals surface area contributed by atoms with Crippen LogP contribution in [0.5, 0.6) is 0 Å². The summed E-state index contributed by atoms with van der Waals surface area (Å²) in [6.45, 7) is 2.07. The van der Waals surface area contributed by atoms with Gasteiger partial charge < -0.3 is 15.7 Å². The van der Waals surface area contributed by atoms with E-state index in [1.54, 1.807) is 0 Å². The number of aromatic carboxylic acids is 1. The van der Waals surface area contributed by atoms with E-state index in [1.165, 1.54) is 0 Å². The van der Waals surface area contributed by atoms with Gasteiger partial charge in [-0.1, -0.05) is 0 Å². The first-order chi connectivity index (χ1) is 9.58.